The van der Waals surface area contributed by atoms with E-state index in [1.807, 2.05) is 26.0 Å². The molecule has 2 rings (SSSR count). The van der Waals surface area contributed by atoms with Crippen LogP contribution in [0.4, 0.5) is 4.79 Å². The fraction of sp³-hybridized carbons (Fsp3) is 0.774. The monoisotopic (exact) mass is 565 g/mol. The molecular formula is C31H55N3O6. The van der Waals surface area contributed by atoms with Crippen LogP contribution >= 0.6 is 0 Å². The average Bonchev–Trinajstić information content (AvgIpc) is 2.93. The highest BCUT2D eigenvalue weighted by molar-refractivity contribution is 5.83. The van der Waals surface area contributed by atoms with E-state index in [0.717, 1.165) is 44.9 Å². The van der Waals surface area contributed by atoms with Gasteiger partial charge in [0.2, 0.25) is 11.8 Å². The zero-order valence-corrected chi connectivity index (χ0v) is 25.5. The minimum Gasteiger partial charge on any atom is -0.449 e. The molecule has 40 heavy (non-hydrogen) atoms. The maximum absolute atomic E-state index is 11.9. The Bertz CT molecular complexity index is 788. The first-order chi connectivity index (χ1) is 19.0. The van der Waals surface area contributed by atoms with Gasteiger partial charge in [-0.3, -0.25) is 9.59 Å². The van der Waals surface area contributed by atoms with Gasteiger partial charge < -0.3 is 30.5 Å². The quantitative estimate of drug-likeness (QED) is 0.214. The molecule has 1 atom stereocenters. The molecule has 0 aromatic heterocycles. The predicted molar refractivity (Wildman–Crippen MR) is 159 cm³/mol. The number of aliphatic hydroxyl groups is 1. The number of nitrogens with one attached hydrogen (secondary N) is 3. The molecule has 0 bridgehead atoms. The van der Waals surface area contributed by atoms with Gasteiger partial charge in [-0.1, -0.05) is 52.0 Å². The lowest BCUT2D eigenvalue weighted by Gasteiger charge is -2.28. The van der Waals surface area contributed by atoms with Crippen LogP contribution in [-0.4, -0.2) is 68.6 Å². The Labute approximate surface area is 241 Å². The number of alkyl carbamates (subject to hydrolysis) is 1. The molecule has 1 fully saturated rings. The predicted octanol–water partition coefficient (Wildman–Crippen LogP) is 4.65. The molecule has 9 nitrogen and oxygen atoms in total. The molecule has 0 aliphatic heterocycles. The third-order valence-corrected chi connectivity index (χ3v) is 7.23. The number of rotatable bonds is 15. The first-order valence-electron chi connectivity index (χ1n) is 15.0. The summed E-state index contributed by atoms with van der Waals surface area (Å²) in [5.74, 6) is 0.846. The minimum atomic E-state index is -0.295. The SMILES string of the molecule is CC(C)CCCNC(=O)OCC1C=CC=CC1.COC1CCC(NC(=O)CCC(=O)NCC(C)(C)CCO)CC1. The van der Waals surface area contributed by atoms with Crippen molar-refractivity contribution < 1.29 is 29.0 Å². The second-order valence-electron chi connectivity index (χ2n) is 12.1. The lowest BCUT2D eigenvalue weighted by molar-refractivity contribution is -0.127. The molecule has 0 heterocycles. The molecule has 1 saturated carbocycles. The Morgan fingerprint density at radius 1 is 1.02 bits per heavy atom. The maximum Gasteiger partial charge on any atom is 0.407 e. The van der Waals surface area contributed by atoms with E-state index in [1.165, 1.54) is 0 Å². The van der Waals surface area contributed by atoms with Crippen molar-refractivity contribution in [3.8, 4) is 0 Å². The van der Waals surface area contributed by atoms with Crippen molar-refractivity contribution >= 4 is 17.9 Å². The summed E-state index contributed by atoms with van der Waals surface area (Å²) in [7, 11) is 1.73. The van der Waals surface area contributed by atoms with Crippen LogP contribution in [0.1, 0.15) is 91.9 Å². The number of carbonyl (C=O) groups is 3. The molecule has 2 aliphatic carbocycles. The number of aliphatic hydroxyl groups excluding tert-OH is 1. The van der Waals surface area contributed by atoms with Crippen molar-refractivity contribution in [3.63, 3.8) is 0 Å². The standard InChI is InChI=1S/C17H32N2O4.C14H23NO2/c1-17(2,10-11-20)12-18-15(21)8-9-16(22)19-13-4-6-14(23-3)7-5-13;1-12(2)7-6-10-15-14(16)17-11-13-8-4-3-5-9-13/h13-14,20H,4-12H2,1-3H3,(H,18,21)(H,19,22);3-5,8,12-13H,6-7,9-11H2,1-2H3,(H,15,16). The fourth-order valence-corrected chi connectivity index (χ4v) is 4.48. The van der Waals surface area contributed by atoms with Crippen LogP contribution in [0.25, 0.3) is 0 Å². The molecule has 0 saturated heterocycles. The van der Waals surface area contributed by atoms with E-state index in [4.69, 9.17) is 14.6 Å². The van der Waals surface area contributed by atoms with Gasteiger partial charge in [0.25, 0.3) is 0 Å². The van der Waals surface area contributed by atoms with Crippen molar-refractivity contribution in [1.82, 2.24) is 16.0 Å². The second kappa shape index (κ2) is 20.5. The number of allylic oxidation sites excluding steroid dienone is 3. The zero-order chi connectivity index (χ0) is 29.8. The lowest BCUT2D eigenvalue weighted by Crippen LogP contribution is -2.39. The molecule has 4 N–H and O–H groups in total. The van der Waals surface area contributed by atoms with Crippen molar-refractivity contribution in [2.24, 2.45) is 17.3 Å². The van der Waals surface area contributed by atoms with Gasteiger partial charge in [0.1, 0.15) is 0 Å². The summed E-state index contributed by atoms with van der Waals surface area (Å²) in [6, 6.07) is 0.209. The lowest BCUT2D eigenvalue weighted by atomic mass is 9.90. The Morgan fingerprint density at radius 3 is 2.33 bits per heavy atom. The van der Waals surface area contributed by atoms with E-state index in [2.05, 4.69) is 41.9 Å². The van der Waals surface area contributed by atoms with Crippen LogP contribution in [0.3, 0.4) is 0 Å². The third kappa shape index (κ3) is 18.1. The zero-order valence-electron chi connectivity index (χ0n) is 25.5. The summed E-state index contributed by atoms with van der Waals surface area (Å²) in [6.45, 7) is 10.1. The van der Waals surface area contributed by atoms with Crippen LogP contribution < -0.4 is 16.0 Å². The van der Waals surface area contributed by atoms with Crippen molar-refractivity contribution in [3.05, 3.63) is 24.3 Å². The highest BCUT2D eigenvalue weighted by atomic mass is 16.5. The van der Waals surface area contributed by atoms with E-state index in [-0.39, 0.29) is 48.8 Å². The minimum absolute atomic E-state index is 0.0596. The Kier molecular flexibility index (Phi) is 18.2. The van der Waals surface area contributed by atoms with E-state index in [0.29, 0.717) is 44.1 Å². The van der Waals surface area contributed by atoms with Crippen LogP contribution in [0.2, 0.25) is 0 Å². The van der Waals surface area contributed by atoms with Gasteiger partial charge in [0, 0.05) is 51.6 Å². The van der Waals surface area contributed by atoms with Gasteiger partial charge in [0.05, 0.1) is 12.7 Å². The number of methoxy groups -OCH3 is 1. The molecular weight excluding hydrogens is 510 g/mol. The molecule has 2 aliphatic rings. The van der Waals surface area contributed by atoms with Crippen molar-refractivity contribution in [1.29, 1.82) is 0 Å². The van der Waals surface area contributed by atoms with Gasteiger partial charge >= 0.3 is 6.09 Å². The van der Waals surface area contributed by atoms with Crippen molar-refractivity contribution in [2.75, 3.05) is 33.4 Å². The molecule has 0 spiro atoms. The smallest absolute Gasteiger partial charge is 0.407 e. The molecule has 1 unspecified atom stereocenters. The number of amides is 3. The number of hydrogen-bond donors (Lipinski definition) is 4. The summed E-state index contributed by atoms with van der Waals surface area (Å²) in [5, 5.41) is 17.6. The Hall–Kier alpha value is -2.39. The molecule has 9 heteroatoms. The van der Waals surface area contributed by atoms with Gasteiger partial charge in [-0.2, -0.15) is 0 Å². The van der Waals surface area contributed by atoms with Crippen LogP contribution in [0, 0.1) is 17.3 Å². The second-order valence-corrected chi connectivity index (χ2v) is 12.1. The molecule has 0 aromatic rings. The average molecular weight is 566 g/mol. The number of ether oxygens (including phenoxy) is 2. The topological polar surface area (TPSA) is 126 Å². The van der Waals surface area contributed by atoms with E-state index >= 15 is 0 Å². The van der Waals surface area contributed by atoms with Crippen LogP contribution in [-0.2, 0) is 19.1 Å². The van der Waals surface area contributed by atoms with E-state index in [1.54, 1.807) is 7.11 Å². The van der Waals surface area contributed by atoms with Crippen LogP contribution in [0.15, 0.2) is 24.3 Å². The summed E-state index contributed by atoms with van der Waals surface area (Å²) in [4.78, 5) is 35.1. The summed E-state index contributed by atoms with van der Waals surface area (Å²) < 4.78 is 10.5. The van der Waals surface area contributed by atoms with Crippen molar-refractivity contribution in [2.45, 2.75) is 104 Å². The molecule has 0 aromatic carbocycles. The normalized spacial score (nSPS) is 20.3. The summed E-state index contributed by atoms with van der Waals surface area (Å²) in [5.41, 5.74) is -0.132. The van der Waals surface area contributed by atoms with E-state index < -0.39 is 0 Å². The van der Waals surface area contributed by atoms with Gasteiger partial charge in [-0.15, -0.1) is 0 Å². The summed E-state index contributed by atoms with van der Waals surface area (Å²) in [6.07, 6.45) is 16.2. The number of hydrogen-bond acceptors (Lipinski definition) is 6. The molecule has 0 radical (unpaired) electrons. The van der Waals surface area contributed by atoms with Gasteiger partial charge in [-0.25, -0.2) is 4.79 Å². The van der Waals surface area contributed by atoms with Gasteiger partial charge in [0.15, 0.2) is 0 Å². The largest absolute Gasteiger partial charge is 0.449 e. The Morgan fingerprint density at radius 2 is 1.73 bits per heavy atom. The fourth-order valence-electron chi connectivity index (χ4n) is 4.48. The summed E-state index contributed by atoms with van der Waals surface area (Å²) >= 11 is 0. The maximum atomic E-state index is 11.9. The van der Waals surface area contributed by atoms with Crippen LogP contribution in [0.5, 0.6) is 0 Å². The first-order valence-corrected chi connectivity index (χ1v) is 15.0. The molecule has 230 valence electrons. The highest BCUT2D eigenvalue weighted by Crippen LogP contribution is 2.21. The number of carbonyl (C=O) groups excluding carboxylic acids is 3. The Balaban J connectivity index is 0.000000418. The van der Waals surface area contributed by atoms with Gasteiger partial charge in [-0.05, 0) is 62.7 Å². The molecule has 3 amide bonds. The van der Waals surface area contributed by atoms with E-state index in [9.17, 15) is 14.4 Å². The third-order valence-electron chi connectivity index (χ3n) is 7.23. The highest BCUT2D eigenvalue weighted by Gasteiger charge is 2.22. The first kappa shape index (κ1) is 35.6.